The molecule has 0 radical (unpaired) electrons. The Kier molecular flexibility index (Phi) is 5.16. The lowest BCUT2D eigenvalue weighted by molar-refractivity contribution is -0.137. The first-order valence-corrected chi connectivity index (χ1v) is 8.13. The van der Waals surface area contributed by atoms with Crippen molar-refractivity contribution in [3.63, 3.8) is 0 Å². The molecule has 3 aromatic carbocycles. The van der Waals surface area contributed by atoms with Crippen molar-refractivity contribution in [2.45, 2.75) is 6.18 Å². The van der Waals surface area contributed by atoms with Crippen LogP contribution in [0.2, 0.25) is 0 Å². The van der Waals surface area contributed by atoms with E-state index in [1.54, 1.807) is 43.4 Å². The fourth-order valence-corrected chi connectivity index (χ4v) is 2.49. The van der Waals surface area contributed by atoms with Crippen molar-refractivity contribution in [3.05, 3.63) is 84.4 Å². The van der Waals surface area contributed by atoms with Gasteiger partial charge in [0.1, 0.15) is 5.75 Å². The second kappa shape index (κ2) is 7.53. The van der Waals surface area contributed by atoms with Crippen LogP contribution >= 0.6 is 0 Å². The van der Waals surface area contributed by atoms with Gasteiger partial charge < -0.3 is 4.74 Å². The normalized spacial score (nSPS) is 11.1. The van der Waals surface area contributed by atoms with Crippen LogP contribution in [0.25, 0.3) is 11.1 Å². The molecule has 27 heavy (non-hydrogen) atoms. The summed E-state index contributed by atoms with van der Waals surface area (Å²) in [7, 11) is 1.61. The van der Waals surface area contributed by atoms with Crippen molar-refractivity contribution in [1.29, 1.82) is 0 Å². The monoisotopic (exact) mass is 371 g/mol. The summed E-state index contributed by atoms with van der Waals surface area (Å²) in [5, 5.41) is 0. The molecule has 0 aliphatic heterocycles. The average molecular weight is 371 g/mol. The molecule has 3 nitrogen and oxygen atoms in total. The van der Waals surface area contributed by atoms with E-state index in [4.69, 9.17) is 4.74 Å². The van der Waals surface area contributed by atoms with Gasteiger partial charge in [-0.1, -0.05) is 42.5 Å². The Morgan fingerprint density at radius 1 is 0.815 bits per heavy atom. The molecule has 0 aliphatic rings. The fraction of sp³-hybridized carbons (Fsp3) is 0.0952. The summed E-state index contributed by atoms with van der Waals surface area (Å²) in [5.41, 5.74) is 1.37. The van der Waals surface area contributed by atoms with Crippen LogP contribution in [0.3, 0.4) is 0 Å². The van der Waals surface area contributed by atoms with Crippen molar-refractivity contribution in [2.75, 3.05) is 11.9 Å². The van der Waals surface area contributed by atoms with Crippen LogP contribution < -0.4 is 9.64 Å². The molecule has 0 heterocycles. The van der Waals surface area contributed by atoms with Gasteiger partial charge in [-0.3, -0.25) is 4.90 Å². The lowest BCUT2D eigenvalue weighted by Gasteiger charge is -2.16. The molecular weight excluding hydrogens is 355 g/mol. The van der Waals surface area contributed by atoms with E-state index in [1.165, 1.54) is 17.0 Å². The van der Waals surface area contributed by atoms with Gasteiger partial charge in [-0.25, -0.2) is 4.79 Å². The predicted molar refractivity (Wildman–Crippen MR) is 97.7 cm³/mol. The summed E-state index contributed by atoms with van der Waals surface area (Å²) in [6.07, 6.45) is -4.90. The quantitative estimate of drug-likeness (QED) is 0.564. The van der Waals surface area contributed by atoms with Gasteiger partial charge in [-0.15, -0.1) is 0 Å². The number of hydrogen-bond donors (Lipinski definition) is 0. The van der Waals surface area contributed by atoms with Gasteiger partial charge in [-0.2, -0.15) is 13.2 Å². The van der Waals surface area contributed by atoms with Gasteiger partial charge in [0.25, 0.3) is 0 Å². The van der Waals surface area contributed by atoms with Crippen molar-refractivity contribution in [1.82, 2.24) is 0 Å². The summed E-state index contributed by atoms with van der Waals surface area (Å²) in [5.74, 6) is 0.346. The van der Waals surface area contributed by atoms with Crippen LogP contribution in [0.4, 0.5) is 23.7 Å². The zero-order valence-corrected chi connectivity index (χ0v) is 14.4. The zero-order valence-electron chi connectivity index (χ0n) is 14.4. The lowest BCUT2D eigenvalue weighted by Crippen LogP contribution is -2.29. The minimum atomic E-state index is -4.36. The van der Waals surface area contributed by atoms with E-state index in [0.717, 1.165) is 17.7 Å². The first-order valence-electron chi connectivity index (χ1n) is 8.13. The highest BCUT2D eigenvalue weighted by Crippen LogP contribution is 2.31. The first-order chi connectivity index (χ1) is 12.8. The number of hydrogen-bond acceptors (Lipinski definition) is 2. The topological polar surface area (TPSA) is 29.5 Å². The third-order valence-corrected chi connectivity index (χ3v) is 4.02. The van der Waals surface area contributed by atoms with E-state index >= 15 is 0 Å². The summed E-state index contributed by atoms with van der Waals surface area (Å²) in [6, 6.07) is 20.5. The first kappa shape index (κ1) is 18.5. The number of nitrogens with zero attached hydrogens (tertiary/aromatic N) is 1. The molecule has 0 saturated carbocycles. The molecule has 0 aliphatic carbocycles. The Balaban J connectivity index is 1.69. The third-order valence-electron chi connectivity index (χ3n) is 4.02. The standard InChI is InChI=1S/C21H16F3NO2/c1-25(18-5-3-2-4-6-18)20(26)27-19-13-9-16(10-14-19)15-7-11-17(12-8-15)21(22,23)24/h2-14H,1H3. The van der Waals surface area contributed by atoms with Crippen molar-refractivity contribution < 1.29 is 22.7 Å². The Morgan fingerprint density at radius 3 is 1.85 bits per heavy atom. The average Bonchev–Trinajstić information content (AvgIpc) is 2.68. The summed E-state index contributed by atoms with van der Waals surface area (Å²) >= 11 is 0. The highest BCUT2D eigenvalue weighted by molar-refractivity contribution is 5.88. The summed E-state index contributed by atoms with van der Waals surface area (Å²) in [4.78, 5) is 13.6. The third kappa shape index (κ3) is 4.47. The number of alkyl halides is 3. The van der Waals surface area contributed by atoms with Gasteiger partial charge >= 0.3 is 12.3 Å². The van der Waals surface area contributed by atoms with Crippen LogP contribution in [0.15, 0.2) is 78.9 Å². The van der Waals surface area contributed by atoms with Crippen molar-refractivity contribution in [2.24, 2.45) is 0 Å². The molecule has 0 bridgehead atoms. The highest BCUT2D eigenvalue weighted by Gasteiger charge is 2.29. The van der Waals surface area contributed by atoms with Gasteiger partial charge in [0, 0.05) is 12.7 Å². The van der Waals surface area contributed by atoms with Crippen LogP contribution in [0, 0.1) is 0 Å². The number of amides is 1. The number of para-hydroxylation sites is 1. The number of anilines is 1. The van der Waals surface area contributed by atoms with E-state index < -0.39 is 17.8 Å². The minimum Gasteiger partial charge on any atom is -0.410 e. The van der Waals surface area contributed by atoms with Crippen LogP contribution in [0.1, 0.15) is 5.56 Å². The van der Waals surface area contributed by atoms with Gasteiger partial charge in [0.15, 0.2) is 0 Å². The number of carbonyl (C=O) groups excluding carboxylic acids is 1. The maximum absolute atomic E-state index is 12.6. The van der Waals surface area contributed by atoms with Crippen LogP contribution in [0.5, 0.6) is 5.75 Å². The van der Waals surface area contributed by atoms with E-state index in [2.05, 4.69) is 0 Å². The smallest absolute Gasteiger partial charge is 0.410 e. The highest BCUT2D eigenvalue weighted by atomic mass is 19.4. The van der Waals surface area contributed by atoms with Crippen LogP contribution in [-0.4, -0.2) is 13.1 Å². The minimum absolute atomic E-state index is 0.346. The molecule has 3 aromatic rings. The molecule has 0 spiro atoms. The summed E-state index contributed by atoms with van der Waals surface area (Å²) in [6.45, 7) is 0. The molecule has 3 rings (SSSR count). The maximum Gasteiger partial charge on any atom is 0.419 e. The van der Waals surface area contributed by atoms with E-state index in [-0.39, 0.29) is 0 Å². The zero-order chi connectivity index (χ0) is 19.4. The number of rotatable bonds is 3. The van der Waals surface area contributed by atoms with Gasteiger partial charge in [0.05, 0.1) is 5.56 Å². The molecule has 0 saturated heterocycles. The lowest BCUT2D eigenvalue weighted by atomic mass is 10.0. The molecular formula is C21H16F3NO2. The largest absolute Gasteiger partial charge is 0.419 e. The number of ether oxygens (including phenoxy) is 1. The second-order valence-corrected chi connectivity index (χ2v) is 5.86. The Morgan fingerprint density at radius 2 is 1.33 bits per heavy atom. The molecule has 0 atom stereocenters. The second-order valence-electron chi connectivity index (χ2n) is 5.86. The molecule has 1 amide bonds. The molecule has 0 N–H and O–H groups in total. The Hall–Kier alpha value is -3.28. The van der Waals surface area contributed by atoms with E-state index in [0.29, 0.717) is 17.0 Å². The van der Waals surface area contributed by atoms with Gasteiger partial charge in [0.2, 0.25) is 0 Å². The SMILES string of the molecule is CN(C(=O)Oc1ccc(-c2ccc(C(F)(F)F)cc2)cc1)c1ccccc1. The molecule has 6 heteroatoms. The Labute approximate surface area is 154 Å². The number of benzene rings is 3. The molecule has 0 fully saturated rings. The Bertz CT molecular complexity index is 905. The van der Waals surface area contributed by atoms with E-state index in [1.807, 2.05) is 18.2 Å². The van der Waals surface area contributed by atoms with Crippen LogP contribution in [-0.2, 0) is 6.18 Å². The van der Waals surface area contributed by atoms with E-state index in [9.17, 15) is 18.0 Å². The fourth-order valence-electron chi connectivity index (χ4n) is 2.49. The molecule has 138 valence electrons. The molecule has 0 aromatic heterocycles. The predicted octanol–water partition coefficient (Wildman–Crippen LogP) is 6.01. The van der Waals surface area contributed by atoms with Crippen molar-refractivity contribution >= 4 is 11.8 Å². The van der Waals surface area contributed by atoms with Crippen molar-refractivity contribution in [3.8, 4) is 16.9 Å². The van der Waals surface area contributed by atoms with Gasteiger partial charge in [-0.05, 0) is 47.5 Å². The number of carbonyl (C=O) groups is 1. The number of halogens is 3. The maximum atomic E-state index is 12.6. The summed E-state index contributed by atoms with van der Waals surface area (Å²) < 4.78 is 43.2. The molecule has 0 unspecified atom stereocenters.